The van der Waals surface area contributed by atoms with Crippen LogP contribution in [0.15, 0.2) is 12.1 Å². The van der Waals surface area contributed by atoms with Crippen molar-refractivity contribution in [2.45, 2.75) is 115 Å². The van der Waals surface area contributed by atoms with Crippen LogP contribution in [0.5, 0.6) is 0 Å². The maximum absolute atomic E-state index is 13.6. The predicted molar refractivity (Wildman–Crippen MR) is 122 cm³/mol. The van der Waals surface area contributed by atoms with Crippen molar-refractivity contribution < 1.29 is 13.2 Å². The lowest BCUT2D eigenvalue weighted by molar-refractivity contribution is 0.155. The summed E-state index contributed by atoms with van der Waals surface area (Å²) in [6.45, 7) is 0. The molecule has 3 saturated carbocycles. The van der Waals surface area contributed by atoms with Gasteiger partial charge in [-0.3, -0.25) is 0 Å². The average molecular weight is 435 g/mol. The number of halogens is 3. The first kappa shape index (κ1) is 23.2. The Hall–Kier alpha value is -0.990. The van der Waals surface area contributed by atoms with Gasteiger partial charge in [0.1, 0.15) is 0 Å². The second kappa shape index (κ2) is 11.2. The summed E-state index contributed by atoms with van der Waals surface area (Å²) in [5.74, 6) is 0.364. The zero-order valence-electron chi connectivity index (χ0n) is 19.2. The van der Waals surface area contributed by atoms with Crippen molar-refractivity contribution in [3.8, 4) is 0 Å². The van der Waals surface area contributed by atoms with Gasteiger partial charge in [0.05, 0.1) is 0 Å². The van der Waals surface area contributed by atoms with Crippen molar-refractivity contribution in [3.05, 3.63) is 35.1 Å². The minimum absolute atomic E-state index is 0.182. The molecule has 0 nitrogen and oxygen atoms in total. The molecule has 3 fully saturated rings. The summed E-state index contributed by atoms with van der Waals surface area (Å²) in [5, 5.41) is 0. The fourth-order valence-electron chi connectivity index (χ4n) is 7.02. The van der Waals surface area contributed by atoms with Crippen molar-refractivity contribution in [2.24, 2.45) is 23.7 Å². The minimum Gasteiger partial charge on any atom is -0.204 e. The summed E-state index contributed by atoms with van der Waals surface area (Å²) in [6, 6.07) is 2.42. The van der Waals surface area contributed by atoms with Crippen LogP contribution in [0.4, 0.5) is 13.2 Å². The first-order valence-electron chi connectivity index (χ1n) is 13.2. The Bertz CT molecular complexity index is 654. The Morgan fingerprint density at radius 3 is 1.61 bits per heavy atom. The van der Waals surface area contributed by atoms with Crippen LogP contribution in [0.1, 0.15) is 121 Å². The standard InChI is InChI=1S/C28H41F3/c29-26-18-25(19-27(30)28(26)31)24-16-14-23(15-17-24)22-12-10-21(11-13-22)7-3-1-2-6-20-8-4-5-9-20/h18-24H,1-17H2. The van der Waals surface area contributed by atoms with E-state index in [1.54, 1.807) is 0 Å². The van der Waals surface area contributed by atoms with Crippen LogP contribution < -0.4 is 0 Å². The van der Waals surface area contributed by atoms with Crippen molar-refractivity contribution in [1.29, 1.82) is 0 Å². The summed E-state index contributed by atoms with van der Waals surface area (Å²) < 4.78 is 40.4. The van der Waals surface area contributed by atoms with E-state index in [1.165, 1.54) is 95.6 Å². The second-order valence-electron chi connectivity index (χ2n) is 11.0. The van der Waals surface area contributed by atoms with E-state index in [0.29, 0.717) is 5.56 Å². The third-order valence-corrected chi connectivity index (χ3v) is 9.01. The predicted octanol–water partition coefficient (Wildman–Crippen LogP) is 9.32. The molecule has 3 heteroatoms. The summed E-state index contributed by atoms with van der Waals surface area (Å²) in [7, 11) is 0. The van der Waals surface area contributed by atoms with Gasteiger partial charge < -0.3 is 0 Å². The molecule has 0 radical (unpaired) electrons. The van der Waals surface area contributed by atoms with Crippen molar-refractivity contribution >= 4 is 0 Å². The molecule has 3 aliphatic carbocycles. The molecule has 174 valence electrons. The summed E-state index contributed by atoms with van der Waals surface area (Å²) in [5.41, 5.74) is 0.645. The molecule has 1 aromatic rings. The summed E-state index contributed by atoms with van der Waals surface area (Å²) >= 11 is 0. The van der Waals surface area contributed by atoms with E-state index >= 15 is 0 Å². The monoisotopic (exact) mass is 434 g/mol. The van der Waals surface area contributed by atoms with Crippen LogP contribution in [-0.4, -0.2) is 0 Å². The van der Waals surface area contributed by atoms with Crippen LogP contribution in [0, 0.1) is 41.1 Å². The molecule has 31 heavy (non-hydrogen) atoms. The van der Waals surface area contributed by atoms with Gasteiger partial charge in [-0.25, -0.2) is 13.2 Å². The number of rotatable bonds is 8. The molecule has 0 atom stereocenters. The van der Waals surface area contributed by atoms with E-state index in [0.717, 1.165) is 49.4 Å². The van der Waals surface area contributed by atoms with E-state index < -0.39 is 17.5 Å². The third kappa shape index (κ3) is 6.29. The van der Waals surface area contributed by atoms with E-state index in [-0.39, 0.29) is 5.92 Å². The van der Waals surface area contributed by atoms with Crippen LogP contribution in [0.25, 0.3) is 0 Å². The van der Waals surface area contributed by atoms with Crippen LogP contribution in [0.2, 0.25) is 0 Å². The lowest BCUT2D eigenvalue weighted by Gasteiger charge is -2.38. The average Bonchev–Trinajstić information content (AvgIpc) is 3.31. The molecule has 0 N–H and O–H groups in total. The van der Waals surface area contributed by atoms with Gasteiger partial charge in [0, 0.05) is 0 Å². The Labute approximate surface area is 187 Å². The van der Waals surface area contributed by atoms with Crippen molar-refractivity contribution in [2.75, 3.05) is 0 Å². The number of hydrogen-bond donors (Lipinski definition) is 0. The van der Waals surface area contributed by atoms with Gasteiger partial charge in [0.25, 0.3) is 0 Å². The molecule has 0 bridgehead atoms. The SMILES string of the molecule is Fc1cc(C2CCC(C3CCC(CCCCCC4CCCC4)CC3)CC2)cc(F)c1F. The number of benzene rings is 1. The minimum atomic E-state index is -1.34. The maximum Gasteiger partial charge on any atom is 0.194 e. The zero-order valence-corrected chi connectivity index (χ0v) is 19.2. The quantitative estimate of drug-likeness (QED) is 0.282. The molecule has 0 spiro atoms. The smallest absolute Gasteiger partial charge is 0.194 e. The van der Waals surface area contributed by atoms with E-state index in [1.807, 2.05) is 0 Å². The van der Waals surface area contributed by atoms with Crippen molar-refractivity contribution in [3.63, 3.8) is 0 Å². The molecule has 4 rings (SSSR count). The molecule has 0 aliphatic heterocycles. The summed E-state index contributed by atoms with van der Waals surface area (Å²) in [4.78, 5) is 0. The topological polar surface area (TPSA) is 0 Å². The first-order valence-corrected chi connectivity index (χ1v) is 13.2. The molecular weight excluding hydrogens is 393 g/mol. The normalized spacial score (nSPS) is 30.0. The van der Waals surface area contributed by atoms with Gasteiger partial charge in [0.15, 0.2) is 17.5 Å². The molecule has 3 aliphatic rings. The molecule has 0 unspecified atom stereocenters. The van der Waals surface area contributed by atoms with Gasteiger partial charge in [0.2, 0.25) is 0 Å². The van der Waals surface area contributed by atoms with Gasteiger partial charge in [-0.15, -0.1) is 0 Å². The zero-order chi connectivity index (χ0) is 21.6. The molecule has 0 amide bonds. The number of hydrogen-bond acceptors (Lipinski definition) is 0. The largest absolute Gasteiger partial charge is 0.204 e. The maximum atomic E-state index is 13.6. The fourth-order valence-corrected chi connectivity index (χ4v) is 7.02. The lowest BCUT2D eigenvalue weighted by atomic mass is 9.68. The summed E-state index contributed by atoms with van der Waals surface area (Å²) in [6.07, 6.45) is 23.0. The Morgan fingerprint density at radius 1 is 0.581 bits per heavy atom. The molecule has 0 aromatic heterocycles. The molecule has 0 saturated heterocycles. The van der Waals surface area contributed by atoms with Crippen molar-refractivity contribution in [1.82, 2.24) is 0 Å². The van der Waals surface area contributed by atoms with Gasteiger partial charge in [-0.2, -0.15) is 0 Å². The number of unbranched alkanes of at least 4 members (excludes halogenated alkanes) is 2. The highest BCUT2D eigenvalue weighted by atomic mass is 19.2. The highest BCUT2D eigenvalue weighted by molar-refractivity contribution is 5.23. The van der Waals surface area contributed by atoms with Crippen LogP contribution in [0.3, 0.4) is 0 Å². The van der Waals surface area contributed by atoms with Gasteiger partial charge in [-0.05, 0) is 85.8 Å². The third-order valence-electron chi connectivity index (χ3n) is 9.01. The highest BCUT2D eigenvalue weighted by Gasteiger charge is 2.31. The van der Waals surface area contributed by atoms with E-state index in [4.69, 9.17) is 0 Å². The van der Waals surface area contributed by atoms with Crippen LogP contribution >= 0.6 is 0 Å². The lowest BCUT2D eigenvalue weighted by Crippen LogP contribution is -2.25. The second-order valence-corrected chi connectivity index (χ2v) is 11.0. The van der Waals surface area contributed by atoms with Gasteiger partial charge >= 0.3 is 0 Å². The van der Waals surface area contributed by atoms with E-state index in [9.17, 15) is 13.2 Å². The Balaban J connectivity index is 1.12. The highest BCUT2D eigenvalue weighted by Crippen LogP contribution is 2.45. The van der Waals surface area contributed by atoms with Gasteiger partial charge in [-0.1, -0.05) is 70.6 Å². The van der Waals surface area contributed by atoms with Crippen LogP contribution in [-0.2, 0) is 0 Å². The van der Waals surface area contributed by atoms with E-state index in [2.05, 4.69) is 0 Å². The molecule has 0 heterocycles. The first-order chi connectivity index (χ1) is 15.1. The Morgan fingerprint density at radius 2 is 1.06 bits per heavy atom. The Kier molecular flexibility index (Phi) is 8.40. The molecule has 1 aromatic carbocycles. The fraction of sp³-hybridized carbons (Fsp3) is 0.786. The molecular formula is C28H41F3.